The highest BCUT2D eigenvalue weighted by molar-refractivity contribution is 5.96. The van der Waals surface area contributed by atoms with Gasteiger partial charge in [-0.25, -0.2) is 9.50 Å². The van der Waals surface area contributed by atoms with Crippen molar-refractivity contribution in [1.29, 1.82) is 0 Å². The number of fused-ring (bicyclic) bond motifs is 2. The summed E-state index contributed by atoms with van der Waals surface area (Å²) in [6.07, 6.45) is 9.51. The molecule has 8 heteroatoms. The fourth-order valence-electron chi connectivity index (χ4n) is 4.25. The molecule has 2 N–H and O–H groups in total. The number of benzene rings is 2. The number of anilines is 1. The van der Waals surface area contributed by atoms with Gasteiger partial charge in [-0.15, -0.1) is 0 Å². The van der Waals surface area contributed by atoms with Gasteiger partial charge in [-0.05, 0) is 29.8 Å². The number of carbonyl (C=O) groups is 1. The van der Waals surface area contributed by atoms with E-state index in [0.717, 1.165) is 50.1 Å². The lowest BCUT2D eigenvalue weighted by atomic mass is 10.1. The van der Waals surface area contributed by atoms with Gasteiger partial charge in [-0.3, -0.25) is 9.48 Å². The van der Waals surface area contributed by atoms with Crippen LogP contribution in [0.25, 0.3) is 38.8 Å². The van der Waals surface area contributed by atoms with Crippen LogP contribution in [0.1, 0.15) is 5.56 Å². The molecule has 6 aromatic rings. The molecular formula is C26H21N7O. The summed E-state index contributed by atoms with van der Waals surface area (Å²) in [5.74, 6) is -0.0605. The average molecular weight is 448 g/mol. The molecule has 166 valence electrons. The molecule has 0 aliphatic rings. The molecule has 4 heterocycles. The number of amides is 1. The van der Waals surface area contributed by atoms with Crippen molar-refractivity contribution < 1.29 is 4.79 Å². The van der Waals surface area contributed by atoms with E-state index in [0.29, 0.717) is 6.42 Å². The highest BCUT2D eigenvalue weighted by Gasteiger charge is 2.12. The van der Waals surface area contributed by atoms with E-state index in [1.807, 2.05) is 84.9 Å². The van der Waals surface area contributed by atoms with Gasteiger partial charge in [0.25, 0.3) is 0 Å². The largest absolute Gasteiger partial charge is 0.361 e. The van der Waals surface area contributed by atoms with Crippen LogP contribution < -0.4 is 5.32 Å². The van der Waals surface area contributed by atoms with Crippen molar-refractivity contribution in [2.45, 2.75) is 6.42 Å². The van der Waals surface area contributed by atoms with Crippen molar-refractivity contribution in [2.24, 2.45) is 7.05 Å². The number of carbonyl (C=O) groups excluding carboxylic acids is 1. The number of H-pyrrole nitrogens is 1. The smallest absolute Gasteiger partial charge is 0.228 e. The second-order valence-corrected chi connectivity index (χ2v) is 8.23. The fraction of sp³-hybridized carbons (Fsp3) is 0.0769. The highest BCUT2D eigenvalue weighted by Crippen LogP contribution is 2.28. The molecule has 0 aliphatic heterocycles. The van der Waals surface area contributed by atoms with E-state index in [9.17, 15) is 4.79 Å². The zero-order chi connectivity index (χ0) is 23.1. The molecule has 6 rings (SSSR count). The Morgan fingerprint density at radius 3 is 2.68 bits per heavy atom. The maximum atomic E-state index is 12.6. The van der Waals surface area contributed by atoms with E-state index in [4.69, 9.17) is 0 Å². The van der Waals surface area contributed by atoms with Crippen molar-refractivity contribution in [1.82, 2.24) is 29.4 Å². The monoisotopic (exact) mass is 447 g/mol. The molecule has 0 unspecified atom stereocenters. The molecular weight excluding hydrogens is 426 g/mol. The number of rotatable bonds is 5. The summed E-state index contributed by atoms with van der Waals surface area (Å²) < 4.78 is 3.59. The first-order chi connectivity index (χ1) is 16.6. The number of nitrogens with one attached hydrogen (secondary N) is 2. The van der Waals surface area contributed by atoms with E-state index in [-0.39, 0.29) is 5.91 Å². The number of aromatic amines is 1. The molecule has 0 radical (unpaired) electrons. The van der Waals surface area contributed by atoms with E-state index >= 15 is 0 Å². The number of hydrogen-bond acceptors (Lipinski definition) is 4. The molecule has 0 spiro atoms. The van der Waals surface area contributed by atoms with Gasteiger partial charge in [0.05, 0.1) is 23.8 Å². The molecule has 1 amide bonds. The Labute approximate surface area is 194 Å². The van der Waals surface area contributed by atoms with Crippen LogP contribution in [0.2, 0.25) is 0 Å². The number of hydrogen-bond donors (Lipinski definition) is 2. The molecule has 0 atom stereocenters. The lowest BCUT2D eigenvalue weighted by Gasteiger charge is -2.07. The predicted octanol–water partition coefficient (Wildman–Crippen LogP) is 4.46. The van der Waals surface area contributed by atoms with Crippen LogP contribution in [0.15, 0.2) is 85.7 Å². The van der Waals surface area contributed by atoms with Crippen molar-refractivity contribution in [3.05, 3.63) is 91.3 Å². The zero-order valence-electron chi connectivity index (χ0n) is 18.4. The molecule has 4 aromatic heterocycles. The van der Waals surface area contributed by atoms with Crippen LogP contribution in [0, 0.1) is 0 Å². The van der Waals surface area contributed by atoms with Gasteiger partial charge < -0.3 is 10.3 Å². The third-order valence-corrected chi connectivity index (χ3v) is 5.91. The molecule has 0 fully saturated rings. The van der Waals surface area contributed by atoms with Gasteiger partial charge >= 0.3 is 0 Å². The van der Waals surface area contributed by atoms with Crippen molar-refractivity contribution in [3.63, 3.8) is 0 Å². The van der Waals surface area contributed by atoms with Crippen LogP contribution in [0.4, 0.5) is 5.69 Å². The molecule has 34 heavy (non-hydrogen) atoms. The lowest BCUT2D eigenvalue weighted by Crippen LogP contribution is -2.14. The Morgan fingerprint density at radius 1 is 1.00 bits per heavy atom. The van der Waals surface area contributed by atoms with Crippen molar-refractivity contribution in [2.75, 3.05) is 5.32 Å². The van der Waals surface area contributed by atoms with Gasteiger partial charge in [-0.2, -0.15) is 10.2 Å². The van der Waals surface area contributed by atoms with E-state index < -0.39 is 0 Å². The number of nitrogens with zero attached hydrogens (tertiary/aromatic N) is 5. The standard InChI is InChI=1S/C26H21N7O/c1-32-14-20(13-29-32)19-10-24-26(28-16-30-33(24)15-19)17-6-8-21(9-7-17)31-25(34)11-18-12-27-23-5-3-2-4-22(18)23/h2-10,12-16,27H,11H2,1H3,(H,31,34). The van der Waals surface area contributed by atoms with E-state index in [1.54, 1.807) is 11.0 Å². The zero-order valence-corrected chi connectivity index (χ0v) is 18.4. The summed E-state index contributed by atoms with van der Waals surface area (Å²) in [6, 6.07) is 17.7. The van der Waals surface area contributed by atoms with Gasteiger partial charge in [0, 0.05) is 58.9 Å². The highest BCUT2D eigenvalue weighted by atomic mass is 16.1. The lowest BCUT2D eigenvalue weighted by molar-refractivity contribution is -0.115. The van der Waals surface area contributed by atoms with Crippen LogP contribution >= 0.6 is 0 Å². The summed E-state index contributed by atoms with van der Waals surface area (Å²) in [5.41, 5.74) is 7.46. The van der Waals surface area contributed by atoms with Crippen LogP contribution in [0.3, 0.4) is 0 Å². The minimum atomic E-state index is -0.0605. The van der Waals surface area contributed by atoms with Gasteiger partial charge in [0.2, 0.25) is 5.91 Å². The first kappa shape index (κ1) is 19.9. The minimum absolute atomic E-state index is 0.0605. The Balaban J connectivity index is 1.22. The first-order valence-electron chi connectivity index (χ1n) is 10.9. The summed E-state index contributed by atoms with van der Waals surface area (Å²) in [5, 5.41) is 12.7. The average Bonchev–Trinajstić information content (AvgIpc) is 3.58. The number of aromatic nitrogens is 6. The second-order valence-electron chi connectivity index (χ2n) is 8.23. The topological polar surface area (TPSA) is 92.9 Å². The molecule has 0 saturated carbocycles. The first-order valence-corrected chi connectivity index (χ1v) is 10.9. The maximum absolute atomic E-state index is 12.6. The minimum Gasteiger partial charge on any atom is -0.361 e. The molecule has 0 bridgehead atoms. The Hall–Kier alpha value is -4.72. The van der Waals surface area contributed by atoms with Crippen LogP contribution in [-0.2, 0) is 18.3 Å². The summed E-state index contributed by atoms with van der Waals surface area (Å²) >= 11 is 0. The molecule has 8 nitrogen and oxygen atoms in total. The fourth-order valence-corrected chi connectivity index (χ4v) is 4.25. The number of para-hydroxylation sites is 1. The van der Waals surface area contributed by atoms with Gasteiger partial charge in [0.1, 0.15) is 6.33 Å². The van der Waals surface area contributed by atoms with E-state index in [1.165, 1.54) is 0 Å². The van der Waals surface area contributed by atoms with Gasteiger partial charge in [-0.1, -0.05) is 30.3 Å². The molecule has 0 aliphatic carbocycles. The summed E-state index contributed by atoms with van der Waals surface area (Å²) in [6.45, 7) is 0. The predicted molar refractivity (Wildman–Crippen MR) is 131 cm³/mol. The van der Waals surface area contributed by atoms with Crippen LogP contribution in [-0.4, -0.2) is 35.3 Å². The molecule has 0 saturated heterocycles. The van der Waals surface area contributed by atoms with E-state index in [2.05, 4.69) is 31.5 Å². The summed E-state index contributed by atoms with van der Waals surface area (Å²) in [7, 11) is 1.89. The van der Waals surface area contributed by atoms with Crippen LogP contribution in [0.5, 0.6) is 0 Å². The third-order valence-electron chi connectivity index (χ3n) is 5.91. The second kappa shape index (κ2) is 8.00. The quantitative estimate of drug-likeness (QED) is 0.408. The van der Waals surface area contributed by atoms with Crippen molar-refractivity contribution in [3.8, 4) is 22.4 Å². The third kappa shape index (κ3) is 3.61. The number of aryl methyl sites for hydroxylation is 1. The van der Waals surface area contributed by atoms with Gasteiger partial charge in [0.15, 0.2) is 0 Å². The molecule has 2 aromatic carbocycles. The Bertz CT molecular complexity index is 1640. The SMILES string of the molecule is Cn1cc(-c2cc3c(-c4ccc(NC(=O)Cc5c[nH]c6ccccc56)cc4)ncnn3c2)cn1. The normalized spacial score (nSPS) is 11.3. The summed E-state index contributed by atoms with van der Waals surface area (Å²) in [4.78, 5) is 20.4. The maximum Gasteiger partial charge on any atom is 0.228 e. The van der Waals surface area contributed by atoms with Crippen molar-refractivity contribution >= 4 is 28.0 Å². The Kier molecular flexibility index (Phi) is 4.69. The Morgan fingerprint density at radius 2 is 1.85 bits per heavy atom.